The van der Waals surface area contributed by atoms with Crippen molar-refractivity contribution in [3.05, 3.63) is 0 Å². The van der Waals surface area contributed by atoms with E-state index >= 15 is 0 Å². The zero-order valence-electron chi connectivity index (χ0n) is 8.32. The highest BCUT2D eigenvalue weighted by Gasteiger charge is 2.58. The van der Waals surface area contributed by atoms with E-state index in [9.17, 15) is 22.0 Å². The predicted octanol–water partition coefficient (Wildman–Crippen LogP) is 0.0529. The van der Waals surface area contributed by atoms with Crippen molar-refractivity contribution in [2.24, 2.45) is 0 Å². The Bertz CT molecular complexity index is 173. The van der Waals surface area contributed by atoms with Gasteiger partial charge in [-0.1, -0.05) is 6.92 Å². The highest BCUT2D eigenvalue weighted by atomic mass is 19.4. The van der Waals surface area contributed by atoms with Crippen molar-refractivity contribution in [2.75, 3.05) is 6.61 Å². The third kappa shape index (κ3) is 8.03. The lowest BCUT2D eigenvalue weighted by molar-refractivity contribution is -0.364. The lowest BCUT2D eigenvalue weighted by Crippen LogP contribution is -2.51. The van der Waals surface area contributed by atoms with Crippen molar-refractivity contribution in [3.8, 4) is 0 Å². The number of carboxylic acids is 1. The third-order valence-electron chi connectivity index (χ3n) is 0.612. The van der Waals surface area contributed by atoms with Crippen LogP contribution in [0.25, 0.3) is 0 Å². The van der Waals surface area contributed by atoms with Gasteiger partial charge in [0, 0.05) is 0 Å². The molecule has 0 aliphatic carbocycles. The Hall–Kier alpha value is -1.00. The summed E-state index contributed by atoms with van der Waals surface area (Å²) in [6, 6.07) is 0. The molecule has 8 N–H and O–H groups in total. The van der Waals surface area contributed by atoms with Crippen LogP contribution in [0.1, 0.15) is 6.92 Å². The molecule has 0 fully saturated rings. The average Bonchev–Trinajstić information content (AvgIpc) is 1.86. The van der Waals surface area contributed by atoms with Gasteiger partial charge in [0.15, 0.2) is 0 Å². The third-order valence-corrected chi connectivity index (χ3v) is 0.612. The highest BCUT2D eigenvalue weighted by Crippen LogP contribution is 2.34. The molecule has 0 aromatic rings. The summed E-state index contributed by atoms with van der Waals surface area (Å²) >= 11 is 0. The first-order valence-corrected chi connectivity index (χ1v) is 2.85. The van der Waals surface area contributed by atoms with Crippen molar-refractivity contribution in [3.63, 3.8) is 0 Å². The van der Waals surface area contributed by atoms with Crippen LogP contribution in [0.3, 0.4) is 0 Å². The van der Waals surface area contributed by atoms with Gasteiger partial charge in [0.2, 0.25) is 0 Å². The minimum Gasteiger partial charge on any atom is -0.855 e. The first kappa shape index (κ1) is 23.7. The molecule has 0 spiro atoms. The van der Waals surface area contributed by atoms with Crippen molar-refractivity contribution in [1.29, 1.82) is 0 Å². The molecule has 0 amide bonds. The summed E-state index contributed by atoms with van der Waals surface area (Å²) in [5, 5.41) is 18.0. The van der Waals surface area contributed by atoms with Crippen LogP contribution in [0.5, 0.6) is 0 Å². The van der Waals surface area contributed by atoms with Crippen LogP contribution in [0.15, 0.2) is 0 Å². The van der Waals surface area contributed by atoms with E-state index in [2.05, 4.69) is 0 Å². The predicted molar refractivity (Wildman–Crippen MR) is 38.5 cm³/mol. The molecule has 0 aliphatic rings. The zero-order valence-corrected chi connectivity index (χ0v) is 8.32. The normalized spacial score (nSPS) is 10.1. The molecular formula is C5H13F5N2O3. The smallest absolute Gasteiger partial charge is 0.459 e. The Balaban J connectivity index is -0.000000108. The molecule has 0 heterocycles. The fourth-order valence-corrected chi connectivity index (χ4v) is 0.116. The van der Waals surface area contributed by atoms with E-state index in [0.717, 1.165) is 0 Å². The fraction of sp³-hybridized carbons (Fsp3) is 0.800. The maximum Gasteiger partial charge on any atom is 0.459 e. The number of halogens is 5. The van der Waals surface area contributed by atoms with E-state index in [1.54, 1.807) is 6.92 Å². The molecule has 0 aromatic carbocycles. The highest BCUT2D eigenvalue weighted by molar-refractivity contribution is 5.74. The van der Waals surface area contributed by atoms with Gasteiger partial charge in [-0.15, -0.1) is 6.61 Å². The van der Waals surface area contributed by atoms with Crippen LogP contribution in [0, 0.1) is 0 Å². The quantitative estimate of drug-likeness (QED) is 0.630. The van der Waals surface area contributed by atoms with Gasteiger partial charge >= 0.3 is 12.1 Å². The summed E-state index contributed by atoms with van der Waals surface area (Å²) in [5.74, 6) is -9.20. The molecule has 0 unspecified atom stereocenters. The fourth-order valence-electron chi connectivity index (χ4n) is 0.116. The standard InChI is InChI=1S/C3HF5O2.C2H5O.2H3N/c4-2(5,1(9)10)3(6,7)8;1-2-3;;/h(H,9,10);2H2,1H3;2*1H3/q;-1;;/p+1. The summed E-state index contributed by atoms with van der Waals surface area (Å²) < 4.78 is 55.3. The van der Waals surface area contributed by atoms with Crippen LogP contribution in [-0.2, 0) is 4.79 Å². The number of alkyl halides is 5. The molecular weight excluding hydrogens is 231 g/mol. The van der Waals surface area contributed by atoms with Crippen LogP contribution in [0.2, 0.25) is 0 Å². The molecule has 10 heteroatoms. The van der Waals surface area contributed by atoms with E-state index in [4.69, 9.17) is 15.0 Å². The Labute approximate surface area is 82.1 Å². The van der Waals surface area contributed by atoms with Crippen molar-refractivity contribution >= 4 is 5.97 Å². The molecule has 5 nitrogen and oxygen atoms in total. The van der Waals surface area contributed by atoms with E-state index in [1.807, 2.05) is 0 Å². The maximum absolute atomic E-state index is 11.3. The second-order valence-electron chi connectivity index (χ2n) is 1.65. The van der Waals surface area contributed by atoms with Crippen LogP contribution in [0.4, 0.5) is 22.0 Å². The number of rotatable bonds is 1. The summed E-state index contributed by atoms with van der Waals surface area (Å²) in [4.78, 5) is 9.09. The minimum atomic E-state index is -6.08. The van der Waals surface area contributed by atoms with Crippen molar-refractivity contribution in [2.45, 2.75) is 19.0 Å². The Morgan fingerprint density at radius 3 is 1.33 bits per heavy atom. The summed E-state index contributed by atoms with van der Waals surface area (Å²) in [6.07, 6.45) is -6.08. The zero-order chi connectivity index (χ0) is 11.3. The number of hydrogen-bond donors (Lipinski definition) is 2. The Morgan fingerprint density at radius 2 is 1.33 bits per heavy atom. The van der Waals surface area contributed by atoms with Crippen molar-refractivity contribution < 1.29 is 37.0 Å². The number of carbonyl (C=O) groups is 1. The van der Waals surface area contributed by atoms with Gasteiger partial charge in [0.25, 0.3) is 0 Å². The van der Waals surface area contributed by atoms with E-state index in [-0.39, 0.29) is 18.9 Å². The van der Waals surface area contributed by atoms with E-state index < -0.39 is 18.1 Å². The maximum atomic E-state index is 11.3. The Morgan fingerprint density at radius 1 is 1.13 bits per heavy atom. The molecule has 0 atom stereocenters. The van der Waals surface area contributed by atoms with Gasteiger partial charge in [0.05, 0.1) is 0 Å². The second-order valence-corrected chi connectivity index (χ2v) is 1.65. The van der Waals surface area contributed by atoms with E-state index in [0.29, 0.717) is 0 Å². The van der Waals surface area contributed by atoms with E-state index in [1.165, 1.54) is 0 Å². The van der Waals surface area contributed by atoms with Crippen LogP contribution < -0.4 is 22.5 Å². The average molecular weight is 244 g/mol. The molecule has 0 radical (unpaired) electrons. The van der Waals surface area contributed by atoms with Gasteiger partial charge < -0.3 is 27.3 Å². The molecule has 0 saturated heterocycles. The molecule has 0 aliphatic heterocycles. The summed E-state index contributed by atoms with van der Waals surface area (Å²) in [5.41, 5.74) is 0. The molecule has 15 heavy (non-hydrogen) atoms. The topological polar surface area (TPSA) is 136 Å². The molecule has 0 bridgehead atoms. The monoisotopic (exact) mass is 244 g/mol. The number of aliphatic carboxylic acids is 1. The summed E-state index contributed by atoms with van der Waals surface area (Å²) in [6.45, 7) is 1.57. The lowest BCUT2D eigenvalue weighted by Gasteiger charge is -2.19. The number of carboxylic acid groups (broad SMARTS) is 1. The van der Waals surface area contributed by atoms with Crippen LogP contribution in [-0.4, -0.2) is 24.7 Å². The lowest BCUT2D eigenvalue weighted by atomic mass is 10.3. The van der Waals surface area contributed by atoms with Gasteiger partial charge in [-0.3, -0.25) is 0 Å². The van der Waals surface area contributed by atoms with Crippen LogP contribution >= 0.6 is 0 Å². The molecule has 0 aromatic heterocycles. The molecule has 0 saturated carbocycles. The minimum absolute atomic E-state index is 0. The first-order chi connectivity index (χ1) is 5.61. The number of hydrogen-bond acceptors (Lipinski definition) is 3. The van der Waals surface area contributed by atoms with Crippen molar-refractivity contribution in [1.82, 2.24) is 12.3 Å². The second kappa shape index (κ2) is 8.32. The van der Waals surface area contributed by atoms with Gasteiger partial charge in [-0.2, -0.15) is 22.0 Å². The summed E-state index contributed by atoms with van der Waals surface area (Å²) in [7, 11) is 0. The number of carbonyl (C=O) groups excluding carboxylic acids is 1. The number of quaternary nitrogens is 2. The first-order valence-electron chi connectivity index (χ1n) is 2.85. The van der Waals surface area contributed by atoms with Gasteiger partial charge in [-0.05, 0) is 0 Å². The Kier molecular flexibility index (Phi) is 13.1. The SMILES string of the molecule is CC[O-].O=C([O-])C(F)(F)C(F)(F)F.[NH4+].[NH4+]. The largest absolute Gasteiger partial charge is 0.855 e. The van der Waals surface area contributed by atoms with Gasteiger partial charge in [-0.25, -0.2) is 0 Å². The van der Waals surface area contributed by atoms with Gasteiger partial charge in [0.1, 0.15) is 5.97 Å². The molecule has 96 valence electrons. The molecule has 0 rings (SSSR count).